The maximum absolute atomic E-state index is 12.2. The number of hydrogen-bond donors (Lipinski definition) is 7. The van der Waals surface area contributed by atoms with Crippen molar-refractivity contribution in [2.24, 2.45) is 0 Å². The topological polar surface area (TPSA) is 236 Å². The van der Waals surface area contributed by atoms with Gasteiger partial charge in [-0.15, -0.1) is 0 Å². The lowest BCUT2D eigenvalue weighted by molar-refractivity contribution is -0.376. The average Bonchev–Trinajstić information content (AvgIpc) is 3.09. The van der Waals surface area contributed by atoms with Gasteiger partial charge >= 0.3 is 13.5 Å². The van der Waals surface area contributed by atoms with Crippen molar-refractivity contribution in [1.29, 1.82) is 0 Å². The van der Waals surface area contributed by atoms with Crippen molar-refractivity contribution in [2.75, 3.05) is 18.9 Å². The summed E-state index contributed by atoms with van der Waals surface area (Å²) in [5.74, 6) is -2.55. The van der Waals surface area contributed by atoms with E-state index in [-0.39, 0.29) is 5.82 Å². The van der Waals surface area contributed by atoms with Crippen molar-refractivity contribution < 1.29 is 53.5 Å². The van der Waals surface area contributed by atoms with Gasteiger partial charge in [0.05, 0.1) is 25.7 Å². The van der Waals surface area contributed by atoms with Gasteiger partial charge in [-0.25, -0.2) is 9.36 Å². The molecule has 0 aromatic carbocycles. The summed E-state index contributed by atoms with van der Waals surface area (Å²) in [5, 5.41) is 40.1. The third kappa shape index (κ3) is 5.04. The van der Waals surface area contributed by atoms with E-state index in [0.717, 1.165) is 4.57 Å². The minimum absolute atomic E-state index is 0.0969. The number of aliphatic hydroxyl groups is 4. The summed E-state index contributed by atoms with van der Waals surface area (Å²) in [4.78, 5) is 33.5. The number of rotatable bonds is 7. The second-order valence-electron chi connectivity index (χ2n) is 6.79. The van der Waals surface area contributed by atoms with Gasteiger partial charge in [-0.2, -0.15) is 4.98 Å². The molecule has 2 saturated heterocycles. The van der Waals surface area contributed by atoms with Crippen LogP contribution in [-0.4, -0.2) is 89.5 Å². The first-order valence-corrected chi connectivity index (χ1v) is 10.2. The maximum atomic E-state index is 12.2. The molecule has 7 atom stereocenters. The number of nitrogens with zero attached hydrogens (tertiary/aromatic N) is 2. The molecule has 2 fully saturated rings. The van der Waals surface area contributed by atoms with E-state index >= 15 is 0 Å². The van der Waals surface area contributed by atoms with Crippen LogP contribution in [0.4, 0.5) is 5.82 Å². The van der Waals surface area contributed by atoms with Crippen LogP contribution in [-0.2, 0) is 23.3 Å². The van der Waals surface area contributed by atoms with Crippen LogP contribution < -0.4 is 11.4 Å². The van der Waals surface area contributed by atoms with Gasteiger partial charge in [-0.1, -0.05) is 0 Å². The standard InChI is InChI=1S/C14H22N3O12P/c15-9-1-2-17(13(21)16-9)12-11(10(20)8(27-12)5-26-30(23,24)25)29-14(22)3-6(19)7(4-18)28-14/h1-2,6-8,10-12,18-20,22H,3-5H2,(H2,15,16,21)(H2,23,24,25)/t6-,7+,8+,10-,11+,12+,14-/m0/s1. The Labute approximate surface area is 168 Å². The van der Waals surface area contributed by atoms with Crippen molar-refractivity contribution >= 4 is 13.6 Å². The smallest absolute Gasteiger partial charge is 0.394 e. The Morgan fingerprint density at radius 1 is 1.37 bits per heavy atom. The van der Waals surface area contributed by atoms with Crippen molar-refractivity contribution in [3.05, 3.63) is 22.7 Å². The molecule has 3 heterocycles. The Kier molecular flexibility index (Phi) is 6.62. The highest BCUT2D eigenvalue weighted by Crippen LogP contribution is 2.41. The van der Waals surface area contributed by atoms with Gasteiger partial charge < -0.3 is 50.2 Å². The molecule has 0 amide bonds. The van der Waals surface area contributed by atoms with Crippen LogP contribution in [0.2, 0.25) is 0 Å². The minimum atomic E-state index is -4.90. The van der Waals surface area contributed by atoms with E-state index in [1.807, 2.05) is 0 Å². The highest BCUT2D eigenvalue weighted by molar-refractivity contribution is 7.46. The van der Waals surface area contributed by atoms with Gasteiger partial charge in [0, 0.05) is 6.20 Å². The number of hydrogen-bond acceptors (Lipinski definition) is 12. The number of ether oxygens (including phenoxy) is 3. The van der Waals surface area contributed by atoms with Crippen molar-refractivity contribution in [3.8, 4) is 0 Å². The quantitative estimate of drug-likeness (QED) is 0.155. The predicted molar refractivity (Wildman–Crippen MR) is 93.2 cm³/mol. The van der Waals surface area contributed by atoms with Crippen LogP contribution in [0.25, 0.3) is 0 Å². The largest absolute Gasteiger partial charge is 0.469 e. The molecule has 8 N–H and O–H groups in total. The number of nitrogens with two attached hydrogens (primary N) is 1. The van der Waals surface area contributed by atoms with E-state index in [1.54, 1.807) is 0 Å². The van der Waals surface area contributed by atoms with Gasteiger partial charge in [0.2, 0.25) is 0 Å². The molecule has 2 aliphatic rings. The highest BCUT2D eigenvalue weighted by Gasteiger charge is 2.54. The summed E-state index contributed by atoms with van der Waals surface area (Å²) in [6.07, 6.45) is -7.79. The monoisotopic (exact) mass is 455 g/mol. The molecular formula is C14H22N3O12P. The lowest BCUT2D eigenvalue weighted by Crippen LogP contribution is -2.45. The van der Waals surface area contributed by atoms with Gasteiger partial charge in [0.15, 0.2) is 6.23 Å². The molecule has 1 aromatic rings. The van der Waals surface area contributed by atoms with Crippen LogP contribution in [0.1, 0.15) is 12.6 Å². The van der Waals surface area contributed by atoms with Gasteiger partial charge in [-0.3, -0.25) is 9.09 Å². The third-order valence-corrected chi connectivity index (χ3v) is 5.06. The molecule has 15 nitrogen and oxygen atoms in total. The van der Waals surface area contributed by atoms with E-state index in [0.29, 0.717) is 0 Å². The lowest BCUT2D eigenvalue weighted by Gasteiger charge is -2.30. The van der Waals surface area contributed by atoms with Crippen LogP contribution in [0, 0.1) is 0 Å². The van der Waals surface area contributed by atoms with Crippen LogP contribution in [0.3, 0.4) is 0 Å². The van der Waals surface area contributed by atoms with Crippen molar-refractivity contribution in [1.82, 2.24) is 9.55 Å². The third-order valence-electron chi connectivity index (χ3n) is 4.58. The summed E-state index contributed by atoms with van der Waals surface area (Å²) in [6.45, 7) is -1.40. The fraction of sp³-hybridized carbons (Fsp3) is 0.714. The van der Waals surface area contributed by atoms with E-state index in [2.05, 4.69) is 9.51 Å². The molecule has 30 heavy (non-hydrogen) atoms. The Morgan fingerprint density at radius 3 is 2.63 bits per heavy atom. The number of phosphoric ester groups is 1. The molecule has 16 heteroatoms. The first-order valence-electron chi connectivity index (χ1n) is 8.67. The number of aliphatic hydroxyl groups excluding tert-OH is 3. The summed E-state index contributed by atoms with van der Waals surface area (Å²) in [6, 6.07) is 1.25. The SMILES string of the molecule is Nc1ccn([C@@H]2O[C@H](COP(=O)(O)O)[C@H](O)[C@H]2O[C@]2(O)C[C@H](O)[C@@H](CO)O2)c(=O)n1. The van der Waals surface area contributed by atoms with E-state index in [1.165, 1.54) is 12.3 Å². The summed E-state index contributed by atoms with van der Waals surface area (Å²) in [7, 11) is -4.90. The Morgan fingerprint density at radius 2 is 2.07 bits per heavy atom. The Balaban J connectivity index is 1.87. The molecule has 0 bridgehead atoms. The summed E-state index contributed by atoms with van der Waals surface area (Å²) >= 11 is 0. The van der Waals surface area contributed by atoms with Crippen LogP contribution in [0.5, 0.6) is 0 Å². The average molecular weight is 455 g/mol. The minimum Gasteiger partial charge on any atom is -0.394 e. The van der Waals surface area contributed by atoms with Crippen LogP contribution in [0.15, 0.2) is 17.1 Å². The van der Waals surface area contributed by atoms with Gasteiger partial charge in [0.25, 0.3) is 5.97 Å². The fourth-order valence-corrected chi connectivity index (χ4v) is 3.54. The molecule has 0 saturated carbocycles. The molecule has 0 aliphatic carbocycles. The lowest BCUT2D eigenvalue weighted by atomic mass is 10.1. The van der Waals surface area contributed by atoms with Gasteiger partial charge in [-0.05, 0) is 6.07 Å². The molecule has 3 rings (SSSR count). The molecule has 0 radical (unpaired) electrons. The first-order chi connectivity index (χ1) is 13.9. The molecule has 1 aromatic heterocycles. The zero-order valence-electron chi connectivity index (χ0n) is 15.3. The second-order valence-corrected chi connectivity index (χ2v) is 8.03. The molecule has 0 spiro atoms. The molecule has 0 unspecified atom stereocenters. The number of anilines is 1. The van der Waals surface area contributed by atoms with E-state index in [9.17, 15) is 29.8 Å². The van der Waals surface area contributed by atoms with E-state index in [4.69, 9.17) is 29.7 Å². The summed E-state index contributed by atoms with van der Waals surface area (Å²) in [5.41, 5.74) is 4.55. The number of aromatic nitrogens is 2. The van der Waals surface area contributed by atoms with Crippen LogP contribution >= 0.6 is 7.82 Å². The first kappa shape index (κ1) is 23.2. The number of nitrogen functional groups attached to an aromatic ring is 1. The zero-order chi connectivity index (χ0) is 22.3. The molecule has 2 aliphatic heterocycles. The summed E-state index contributed by atoms with van der Waals surface area (Å²) < 4.78 is 32.2. The highest BCUT2D eigenvalue weighted by atomic mass is 31.2. The Bertz CT molecular complexity index is 863. The van der Waals surface area contributed by atoms with Gasteiger partial charge in [0.1, 0.15) is 30.2 Å². The molecular weight excluding hydrogens is 433 g/mol. The fourth-order valence-electron chi connectivity index (χ4n) is 3.20. The van der Waals surface area contributed by atoms with E-state index < -0.39 is 75.9 Å². The predicted octanol–water partition coefficient (Wildman–Crippen LogP) is -3.63. The second kappa shape index (κ2) is 8.57. The Hall–Kier alpha value is -1.49. The van der Waals surface area contributed by atoms with Crippen molar-refractivity contribution in [3.63, 3.8) is 0 Å². The van der Waals surface area contributed by atoms with Crippen molar-refractivity contribution in [2.45, 2.75) is 49.1 Å². The maximum Gasteiger partial charge on any atom is 0.469 e. The normalized spacial score (nSPS) is 37.0. The molecule has 170 valence electrons. The number of phosphoric acid groups is 1. The zero-order valence-corrected chi connectivity index (χ0v) is 16.2.